The van der Waals surface area contributed by atoms with Crippen molar-refractivity contribution in [3.63, 3.8) is 0 Å². The van der Waals surface area contributed by atoms with Gasteiger partial charge in [0, 0.05) is 14.5 Å². The van der Waals surface area contributed by atoms with Gasteiger partial charge >= 0.3 is 0 Å². The SMILES string of the molecule is CCc1ccc(C(NC)c2cccc3ccsc23)s1. The number of nitrogens with one attached hydrogen (secondary N) is 1. The van der Waals surface area contributed by atoms with Crippen molar-refractivity contribution in [2.75, 3.05) is 7.05 Å². The second-order valence-corrected chi connectivity index (χ2v) is 6.68. The van der Waals surface area contributed by atoms with E-state index in [-0.39, 0.29) is 0 Å². The zero-order valence-electron chi connectivity index (χ0n) is 11.1. The predicted molar refractivity (Wildman–Crippen MR) is 86.4 cm³/mol. The smallest absolute Gasteiger partial charge is 0.0682 e. The minimum Gasteiger partial charge on any atom is -0.309 e. The molecule has 3 aromatic rings. The molecule has 0 aliphatic carbocycles. The summed E-state index contributed by atoms with van der Waals surface area (Å²) >= 11 is 3.74. The van der Waals surface area contributed by atoms with Crippen molar-refractivity contribution in [3.8, 4) is 0 Å². The van der Waals surface area contributed by atoms with Crippen LogP contribution in [0.25, 0.3) is 10.1 Å². The minimum absolute atomic E-state index is 0.299. The molecule has 1 N–H and O–H groups in total. The van der Waals surface area contributed by atoms with Crippen LogP contribution in [0.3, 0.4) is 0 Å². The van der Waals surface area contributed by atoms with E-state index in [1.165, 1.54) is 25.4 Å². The van der Waals surface area contributed by atoms with E-state index in [1.54, 1.807) is 0 Å². The molecular formula is C16H17NS2. The van der Waals surface area contributed by atoms with E-state index in [0.29, 0.717) is 6.04 Å². The predicted octanol–water partition coefficient (Wildman–Crippen LogP) is 4.83. The molecule has 19 heavy (non-hydrogen) atoms. The number of thiophene rings is 2. The Bertz CT molecular complexity index is 681. The Morgan fingerprint density at radius 3 is 2.79 bits per heavy atom. The van der Waals surface area contributed by atoms with E-state index in [9.17, 15) is 0 Å². The molecule has 2 heterocycles. The molecule has 2 aromatic heterocycles. The fourth-order valence-electron chi connectivity index (χ4n) is 2.43. The van der Waals surface area contributed by atoms with Crippen LogP contribution in [0.5, 0.6) is 0 Å². The standard InChI is InChI=1S/C16H17NS2/c1-3-12-7-8-14(19-12)15(17-2)13-6-4-5-11-9-10-18-16(11)13/h4-10,15,17H,3H2,1-2H3. The second kappa shape index (κ2) is 5.45. The Hall–Kier alpha value is -1.16. The highest BCUT2D eigenvalue weighted by molar-refractivity contribution is 7.17. The zero-order valence-corrected chi connectivity index (χ0v) is 12.8. The van der Waals surface area contributed by atoms with Crippen LogP contribution in [0.1, 0.15) is 28.3 Å². The van der Waals surface area contributed by atoms with E-state index >= 15 is 0 Å². The number of rotatable bonds is 4. The van der Waals surface area contributed by atoms with Crippen LogP contribution < -0.4 is 5.32 Å². The third-order valence-corrected chi connectivity index (χ3v) is 5.70. The van der Waals surface area contributed by atoms with Crippen molar-refractivity contribution in [2.45, 2.75) is 19.4 Å². The van der Waals surface area contributed by atoms with Crippen LogP contribution in [-0.4, -0.2) is 7.05 Å². The molecule has 3 rings (SSSR count). The lowest BCUT2D eigenvalue weighted by atomic mass is 10.0. The van der Waals surface area contributed by atoms with Crippen molar-refractivity contribution in [3.05, 3.63) is 57.1 Å². The molecule has 0 amide bonds. The Morgan fingerprint density at radius 1 is 1.16 bits per heavy atom. The summed E-state index contributed by atoms with van der Waals surface area (Å²) in [6, 6.07) is 13.6. The fraction of sp³-hybridized carbons (Fsp3) is 0.250. The molecule has 0 spiro atoms. The average Bonchev–Trinajstić information content (AvgIpc) is 3.08. The summed E-state index contributed by atoms with van der Waals surface area (Å²) in [5.41, 5.74) is 1.39. The fourth-order valence-corrected chi connectivity index (χ4v) is 4.46. The van der Waals surface area contributed by atoms with Gasteiger partial charge in [-0.15, -0.1) is 22.7 Å². The number of hydrogen-bond acceptors (Lipinski definition) is 3. The van der Waals surface area contributed by atoms with E-state index < -0.39 is 0 Å². The van der Waals surface area contributed by atoms with Crippen LogP contribution in [-0.2, 0) is 6.42 Å². The summed E-state index contributed by atoms with van der Waals surface area (Å²) in [5, 5.41) is 6.99. The summed E-state index contributed by atoms with van der Waals surface area (Å²) in [7, 11) is 2.04. The van der Waals surface area contributed by atoms with Crippen molar-refractivity contribution in [1.82, 2.24) is 5.32 Å². The monoisotopic (exact) mass is 287 g/mol. The quantitative estimate of drug-likeness (QED) is 0.724. The molecule has 0 aliphatic heterocycles. The Kier molecular flexibility index (Phi) is 3.69. The number of hydrogen-bond donors (Lipinski definition) is 1. The van der Waals surface area contributed by atoms with Gasteiger partial charge in [0.2, 0.25) is 0 Å². The molecule has 0 aliphatic rings. The maximum atomic E-state index is 3.47. The van der Waals surface area contributed by atoms with Gasteiger partial charge in [-0.3, -0.25) is 0 Å². The molecule has 1 unspecified atom stereocenters. The Balaban J connectivity index is 2.09. The molecule has 3 heteroatoms. The van der Waals surface area contributed by atoms with Crippen molar-refractivity contribution < 1.29 is 0 Å². The molecule has 1 nitrogen and oxygen atoms in total. The minimum atomic E-state index is 0.299. The number of fused-ring (bicyclic) bond motifs is 1. The van der Waals surface area contributed by atoms with Gasteiger partial charge in [-0.2, -0.15) is 0 Å². The van der Waals surface area contributed by atoms with Crippen LogP contribution in [0, 0.1) is 0 Å². The zero-order chi connectivity index (χ0) is 13.2. The Morgan fingerprint density at radius 2 is 2.05 bits per heavy atom. The average molecular weight is 287 g/mol. The molecule has 0 saturated heterocycles. The molecule has 0 saturated carbocycles. The molecule has 98 valence electrons. The van der Waals surface area contributed by atoms with Gasteiger partial charge in [0.05, 0.1) is 6.04 Å². The first-order valence-corrected chi connectivity index (χ1v) is 8.25. The molecule has 1 atom stereocenters. The van der Waals surface area contributed by atoms with Gasteiger partial charge in [0.25, 0.3) is 0 Å². The maximum Gasteiger partial charge on any atom is 0.0682 e. The first-order chi connectivity index (χ1) is 9.33. The molecule has 0 fully saturated rings. The van der Waals surface area contributed by atoms with E-state index in [1.807, 2.05) is 29.7 Å². The highest BCUT2D eigenvalue weighted by Crippen LogP contribution is 2.34. The van der Waals surface area contributed by atoms with Crippen LogP contribution in [0.15, 0.2) is 41.8 Å². The van der Waals surface area contributed by atoms with E-state index in [0.717, 1.165) is 6.42 Å². The summed E-state index contributed by atoms with van der Waals surface area (Å²) in [4.78, 5) is 2.86. The van der Waals surface area contributed by atoms with Crippen LogP contribution in [0.2, 0.25) is 0 Å². The van der Waals surface area contributed by atoms with Gasteiger partial charge in [-0.1, -0.05) is 25.1 Å². The van der Waals surface area contributed by atoms with Gasteiger partial charge in [0.15, 0.2) is 0 Å². The van der Waals surface area contributed by atoms with Crippen LogP contribution >= 0.6 is 22.7 Å². The van der Waals surface area contributed by atoms with Crippen molar-refractivity contribution in [2.24, 2.45) is 0 Å². The van der Waals surface area contributed by atoms with Gasteiger partial charge in [0.1, 0.15) is 0 Å². The van der Waals surface area contributed by atoms with E-state index in [2.05, 4.69) is 54.0 Å². The lowest BCUT2D eigenvalue weighted by Crippen LogP contribution is -2.16. The lowest BCUT2D eigenvalue weighted by Gasteiger charge is -2.16. The maximum absolute atomic E-state index is 3.47. The molecular weight excluding hydrogens is 270 g/mol. The highest BCUT2D eigenvalue weighted by Gasteiger charge is 2.17. The largest absolute Gasteiger partial charge is 0.309 e. The normalized spacial score (nSPS) is 12.9. The number of aryl methyl sites for hydroxylation is 1. The second-order valence-electron chi connectivity index (χ2n) is 4.57. The summed E-state index contributed by atoms with van der Waals surface area (Å²) in [6.07, 6.45) is 1.12. The van der Waals surface area contributed by atoms with Gasteiger partial charge in [-0.05, 0) is 48.0 Å². The number of benzene rings is 1. The molecule has 1 aromatic carbocycles. The molecule has 0 radical (unpaired) electrons. The van der Waals surface area contributed by atoms with Gasteiger partial charge < -0.3 is 5.32 Å². The third kappa shape index (κ3) is 2.34. The highest BCUT2D eigenvalue weighted by atomic mass is 32.1. The van der Waals surface area contributed by atoms with Crippen LogP contribution in [0.4, 0.5) is 0 Å². The summed E-state index contributed by atoms with van der Waals surface area (Å²) in [6.45, 7) is 2.21. The van der Waals surface area contributed by atoms with E-state index in [4.69, 9.17) is 0 Å². The summed E-state index contributed by atoms with van der Waals surface area (Å²) in [5.74, 6) is 0. The van der Waals surface area contributed by atoms with Gasteiger partial charge in [-0.25, -0.2) is 0 Å². The molecule has 0 bridgehead atoms. The first kappa shape index (κ1) is 12.9. The topological polar surface area (TPSA) is 12.0 Å². The third-order valence-electron chi connectivity index (χ3n) is 3.42. The van der Waals surface area contributed by atoms with Crippen molar-refractivity contribution >= 4 is 32.8 Å². The first-order valence-electron chi connectivity index (χ1n) is 6.55. The lowest BCUT2D eigenvalue weighted by molar-refractivity contribution is 0.710. The summed E-state index contributed by atoms with van der Waals surface area (Å²) < 4.78 is 1.40. The van der Waals surface area contributed by atoms with Crippen molar-refractivity contribution in [1.29, 1.82) is 0 Å². The Labute approximate surface area is 121 Å².